The second kappa shape index (κ2) is 11.2. The van der Waals surface area contributed by atoms with Crippen LogP contribution < -0.4 is 4.74 Å². The maximum Gasteiger partial charge on any atom is 0.135 e. The number of fused-ring (bicyclic) bond motifs is 4. The van der Waals surface area contributed by atoms with E-state index in [1.165, 1.54) is 64.1 Å². The summed E-state index contributed by atoms with van der Waals surface area (Å²) >= 11 is 3.87. The van der Waals surface area contributed by atoms with Gasteiger partial charge in [0.05, 0.1) is 0 Å². The Hall–Kier alpha value is -2.62. The first-order valence-corrected chi connectivity index (χ1v) is 16.9. The van der Waals surface area contributed by atoms with Gasteiger partial charge in [-0.1, -0.05) is 127 Å². The molecule has 3 heteroatoms. The summed E-state index contributed by atoms with van der Waals surface area (Å²) in [4.78, 5) is 5.55. The Balaban J connectivity index is 1.60. The zero-order chi connectivity index (χ0) is 29.0. The summed E-state index contributed by atoms with van der Waals surface area (Å²) in [7, 11) is 0. The average Bonchev–Trinajstić information content (AvgIpc) is 2.94. The van der Waals surface area contributed by atoms with Crippen molar-refractivity contribution in [2.24, 2.45) is 0 Å². The molecule has 0 radical (unpaired) electrons. The fourth-order valence-electron chi connectivity index (χ4n) is 6.22. The summed E-state index contributed by atoms with van der Waals surface area (Å²) in [5, 5.41) is 0. The first-order chi connectivity index (χ1) is 19.6. The highest BCUT2D eigenvalue weighted by Gasteiger charge is 2.31. The van der Waals surface area contributed by atoms with E-state index in [2.05, 4.69) is 116 Å². The SMILES string of the molecule is CC(C)c1cc(C(C)C)c2c(c1Oc1c(C(C)C)cc(C(C)C)c3c1Cc1ccccc1S3)Cc1ccccc1S2. The molecule has 212 valence electrons. The smallest absolute Gasteiger partial charge is 0.135 e. The first-order valence-electron chi connectivity index (χ1n) is 15.2. The van der Waals surface area contributed by atoms with Crippen molar-refractivity contribution in [1.29, 1.82) is 0 Å². The molecule has 41 heavy (non-hydrogen) atoms. The molecule has 0 amide bonds. The van der Waals surface area contributed by atoms with Crippen LogP contribution in [0.3, 0.4) is 0 Å². The number of ether oxygens (including phenoxy) is 1. The largest absolute Gasteiger partial charge is 0.456 e. The molecule has 0 fully saturated rings. The lowest BCUT2D eigenvalue weighted by molar-refractivity contribution is 0.448. The Morgan fingerprint density at radius 1 is 0.512 bits per heavy atom. The third-order valence-electron chi connectivity index (χ3n) is 8.56. The van der Waals surface area contributed by atoms with E-state index < -0.39 is 0 Å². The maximum absolute atomic E-state index is 7.43. The fourth-order valence-corrected chi connectivity index (χ4v) is 8.90. The Bertz CT molecular complexity index is 1510. The molecule has 0 unspecified atom stereocenters. The second-order valence-corrected chi connectivity index (χ2v) is 15.0. The third kappa shape index (κ3) is 5.14. The van der Waals surface area contributed by atoms with Crippen LogP contribution in [-0.2, 0) is 12.8 Å². The Morgan fingerprint density at radius 3 is 1.24 bits per heavy atom. The molecular weight excluding hydrogens is 537 g/mol. The predicted octanol–water partition coefficient (Wildman–Crippen LogP) is 12.1. The first kappa shape index (κ1) is 28.5. The van der Waals surface area contributed by atoms with Gasteiger partial charge >= 0.3 is 0 Å². The van der Waals surface area contributed by atoms with Gasteiger partial charge in [-0.2, -0.15) is 0 Å². The molecule has 0 atom stereocenters. The van der Waals surface area contributed by atoms with E-state index in [0.717, 1.165) is 24.3 Å². The van der Waals surface area contributed by atoms with E-state index >= 15 is 0 Å². The van der Waals surface area contributed by atoms with Gasteiger partial charge in [0.15, 0.2) is 0 Å². The van der Waals surface area contributed by atoms with Crippen LogP contribution >= 0.6 is 23.5 Å². The molecule has 2 heterocycles. The standard InChI is InChI=1S/C38H42OS2/c1-21(2)27-19-29(23(5)6)37-31(17-25-13-9-11-15-33(25)40-37)35(27)39-36-28(22(3)4)20-30(24(7)8)38-32(36)18-26-14-10-12-16-34(26)41-38/h9-16,19-24H,17-18H2,1-8H3. The molecule has 0 N–H and O–H groups in total. The molecular formula is C38H42OS2. The lowest BCUT2D eigenvalue weighted by atomic mass is 9.88. The predicted molar refractivity (Wildman–Crippen MR) is 176 cm³/mol. The summed E-state index contributed by atoms with van der Waals surface area (Å²) in [5.74, 6) is 3.80. The molecule has 4 aromatic carbocycles. The molecule has 0 aliphatic carbocycles. The van der Waals surface area contributed by atoms with Crippen molar-refractivity contribution in [2.75, 3.05) is 0 Å². The topological polar surface area (TPSA) is 9.23 Å². The minimum Gasteiger partial charge on any atom is -0.456 e. The number of benzene rings is 4. The van der Waals surface area contributed by atoms with E-state index in [0.29, 0.717) is 23.7 Å². The van der Waals surface area contributed by atoms with Crippen LogP contribution in [0, 0.1) is 0 Å². The number of hydrogen-bond donors (Lipinski definition) is 0. The van der Waals surface area contributed by atoms with Gasteiger partial charge in [-0.25, -0.2) is 0 Å². The van der Waals surface area contributed by atoms with Gasteiger partial charge in [0.25, 0.3) is 0 Å². The monoisotopic (exact) mass is 578 g/mol. The highest BCUT2D eigenvalue weighted by Crippen LogP contribution is 2.54. The number of hydrogen-bond acceptors (Lipinski definition) is 3. The minimum atomic E-state index is 0.360. The molecule has 2 aliphatic rings. The van der Waals surface area contributed by atoms with Crippen molar-refractivity contribution in [1.82, 2.24) is 0 Å². The van der Waals surface area contributed by atoms with Gasteiger partial charge in [-0.15, -0.1) is 0 Å². The van der Waals surface area contributed by atoms with Crippen molar-refractivity contribution in [3.63, 3.8) is 0 Å². The normalized spacial score (nSPS) is 13.9. The summed E-state index contributed by atoms with van der Waals surface area (Å²) in [6, 6.07) is 22.7. The summed E-state index contributed by atoms with van der Waals surface area (Å²) in [6.45, 7) is 18.6. The van der Waals surface area contributed by atoms with E-state index in [4.69, 9.17) is 4.74 Å². The quantitative estimate of drug-likeness (QED) is 0.194. The highest BCUT2D eigenvalue weighted by atomic mass is 32.2. The van der Waals surface area contributed by atoms with E-state index in [9.17, 15) is 0 Å². The van der Waals surface area contributed by atoms with Crippen molar-refractivity contribution < 1.29 is 4.74 Å². The average molecular weight is 579 g/mol. The van der Waals surface area contributed by atoms with E-state index in [1.54, 1.807) is 0 Å². The van der Waals surface area contributed by atoms with Crippen molar-refractivity contribution in [3.8, 4) is 11.5 Å². The Kier molecular flexibility index (Phi) is 7.80. The molecule has 0 saturated carbocycles. The minimum absolute atomic E-state index is 0.360. The van der Waals surface area contributed by atoms with Crippen molar-refractivity contribution in [3.05, 3.63) is 105 Å². The lowest BCUT2D eigenvalue weighted by Crippen LogP contribution is -2.13. The zero-order valence-electron chi connectivity index (χ0n) is 25.7. The Labute approximate surface area is 255 Å². The van der Waals surface area contributed by atoms with Gasteiger partial charge in [0.1, 0.15) is 11.5 Å². The van der Waals surface area contributed by atoms with Gasteiger partial charge in [-0.3, -0.25) is 0 Å². The highest BCUT2D eigenvalue weighted by molar-refractivity contribution is 7.99. The molecule has 1 nitrogen and oxygen atoms in total. The van der Waals surface area contributed by atoms with Gasteiger partial charge in [0.2, 0.25) is 0 Å². The molecule has 4 aromatic rings. The molecule has 6 rings (SSSR count). The molecule has 0 bridgehead atoms. The van der Waals surface area contributed by atoms with E-state index in [1.807, 2.05) is 23.5 Å². The number of rotatable bonds is 6. The van der Waals surface area contributed by atoms with Crippen LogP contribution in [-0.4, -0.2) is 0 Å². The van der Waals surface area contributed by atoms with Crippen LogP contribution in [0.5, 0.6) is 11.5 Å². The lowest BCUT2D eigenvalue weighted by Gasteiger charge is -2.32. The van der Waals surface area contributed by atoms with Crippen LogP contribution in [0.4, 0.5) is 0 Å². The molecule has 2 aliphatic heterocycles. The van der Waals surface area contributed by atoms with Gasteiger partial charge in [0, 0.05) is 43.6 Å². The van der Waals surface area contributed by atoms with E-state index in [-0.39, 0.29) is 0 Å². The third-order valence-corrected chi connectivity index (χ3v) is 11.2. The van der Waals surface area contributed by atoms with Crippen LogP contribution in [0.25, 0.3) is 0 Å². The van der Waals surface area contributed by atoms with Crippen LogP contribution in [0.1, 0.15) is 124 Å². The fraction of sp³-hybridized carbons (Fsp3) is 0.368. The molecule has 0 spiro atoms. The van der Waals surface area contributed by atoms with Crippen LogP contribution in [0.2, 0.25) is 0 Å². The maximum atomic E-state index is 7.43. The second-order valence-electron chi connectivity index (χ2n) is 12.9. The van der Waals surface area contributed by atoms with Gasteiger partial charge < -0.3 is 4.74 Å². The summed E-state index contributed by atoms with van der Waals surface area (Å²) < 4.78 is 7.43. The Morgan fingerprint density at radius 2 is 0.878 bits per heavy atom. The van der Waals surface area contributed by atoms with Crippen molar-refractivity contribution >= 4 is 23.5 Å². The summed E-state index contributed by atoms with van der Waals surface area (Å²) in [6.07, 6.45) is 1.82. The van der Waals surface area contributed by atoms with Gasteiger partial charge in [-0.05, 0) is 69.2 Å². The molecule has 0 aromatic heterocycles. The van der Waals surface area contributed by atoms with Crippen molar-refractivity contribution in [2.45, 2.75) is 111 Å². The summed E-state index contributed by atoms with van der Waals surface area (Å²) in [5.41, 5.74) is 11.1. The van der Waals surface area contributed by atoms with Crippen LogP contribution in [0.15, 0.2) is 80.2 Å². The molecule has 0 saturated heterocycles. The zero-order valence-corrected chi connectivity index (χ0v) is 27.4.